The van der Waals surface area contributed by atoms with Gasteiger partial charge in [0.15, 0.2) is 17.5 Å². The lowest BCUT2D eigenvalue weighted by Crippen LogP contribution is -2.01. The first kappa shape index (κ1) is 23.2. The van der Waals surface area contributed by atoms with Crippen LogP contribution in [0.1, 0.15) is 0 Å². The summed E-state index contributed by atoms with van der Waals surface area (Å²) in [6.45, 7) is 0. The zero-order valence-electron chi connectivity index (χ0n) is 21.9. The van der Waals surface area contributed by atoms with Crippen LogP contribution < -0.4 is 4.74 Å². The van der Waals surface area contributed by atoms with Gasteiger partial charge in [-0.15, -0.1) is 0 Å². The van der Waals surface area contributed by atoms with Crippen molar-refractivity contribution < 1.29 is 4.74 Å². The number of fused-ring (bicyclic) bond motifs is 2. The van der Waals surface area contributed by atoms with Crippen LogP contribution in [0.3, 0.4) is 0 Å². The number of aromatic nitrogens is 4. The van der Waals surface area contributed by atoms with Crippen molar-refractivity contribution in [3.8, 4) is 68.0 Å². The second kappa shape index (κ2) is 9.50. The van der Waals surface area contributed by atoms with Gasteiger partial charge >= 0.3 is 0 Å². The molecule has 0 atom stereocenters. The molecule has 0 N–H and O–H groups in total. The highest BCUT2D eigenvalue weighted by Crippen LogP contribution is 2.48. The minimum absolute atomic E-state index is 0.533. The molecule has 0 spiro atoms. The molecule has 5 nitrogen and oxygen atoms in total. The van der Waals surface area contributed by atoms with Gasteiger partial charge in [0.1, 0.15) is 17.2 Å². The Balaban J connectivity index is 1.23. The molecule has 1 aliphatic heterocycles. The van der Waals surface area contributed by atoms with Crippen molar-refractivity contribution in [2.24, 2.45) is 0 Å². The Labute approximate surface area is 236 Å². The summed E-state index contributed by atoms with van der Waals surface area (Å²) < 4.78 is 6.27. The minimum atomic E-state index is 0.533. The number of hydrogen-bond acceptors (Lipinski definition) is 5. The first-order valence-electron chi connectivity index (χ1n) is 13.5. The number of benzene rings is 5. The van der Waals surface area contributed by atoms with Gasteiger partial charge in [0.25, 0.3) is 0 Å². The van der Waals surface area contributed by atoms with Gasteiger partial charge in [-0.1, -0.05) is 103 Å². The quantitative estimate of drug-likeness (QED) is 0.229. The number of hydrogen-bond donors (Lipinski definition) is 0. The summed E-state index contributed by atoms with van der Waals surface area (Å²) >= 11 is 0. The Bertz CT molecular complexity index is 2000. The molecule has 1 aliphatic rings. The summed E-state index contributed by atoms with van der Waals surface area (Å²) in [6.07, 6.45) is 1.89. The topological polar surface area (TPSA) is 60.8 Å². The zero-order chi connectivity index (χ0) is 27.2. The predicted molar refractivity (Wildman–Crippen MR) is 162 cm³/mol. The second-order valence-electron chi connectivity index (χ2n) is 9.91. The van der Waals surface area contributed by atoms with E-state index >= 15 is 0 Å². The van der Waals surface area contributed by atoms with Gasteiger partial charge in [-0.05, 0) is 40.8 Å². The Hall–Kier alpha value is -5.68. The predicted octanol–water partition coefficient (Wildman–Crippen LogP) is 8.86. The number of rotatable bonds is 4. The standard InChI is InChI=1S/C36H22N4O/c1-3-10-23(11-4-1)34-38-35(24-12-5-2-6-13-24)40-36(39-34)30-20-18-25(22-37-30)26-19-21-32-33-28(26)15-9-16-29(33)27-14-7-8-17-31(27)41-32/h1-22H. The summed E-state index contributed by atoms with van der Waals surface area (Å²) in [5.74, 6) is 3.52. The molecule has 0 aliphatic carbocycles. The molecule has 192 valence electrons. The molecule has 0 bridgehead atoms. The maximum atomic E-state index is 6.27. The van der Waals surface area contributed by atoms with Crippen molar-refractivity contribution in [1.29, 1.82) is 0 Å². The monoisotopic (exact) mass is 526 g/mol. The van der Waals surface area contributed by atoms with Crippen LogP contribution in [0.5, 0.6) is 11.5 Å². The van der Waals surface area contributed by atoms with Crippen LogP contribution in [0.2, 0.25) is 0 Å². The van der Waals surface area contributed by atoms with Gasteiger partial charge in [0.2, 0.25) is 0 Å². The van der Waals surface area contributed by atoms with E-state index in [1.807, 2.05) is 91.1 Å². The summed E-state index contributed by atoms with van der Waals surface area (Å²) in [5, 5.41) is 2.24. The summed E-state index contributed by atoms with van der Waals surface area (Å²) in [4.78, 5) is 19.2. The van der Waals surface area contributed by atoms with E-state index < -0.39 is 0 Å². The maximum absolute atomic E-state index is 6.27. The normalized spacial score (nSPS) is 11.6. The first-order chi connectivity index (χ1) is 20.3. The van der Waals surface area contributed by atoms with Crippen molar-refractivity contribution in [2.45, 2.75) is 0 Å². The smallest absolute Gasteiger partial charge is 0.182 e. The average Bonchev–Trinajstić information content (AvgIpc) is 3.06. The lowest BCUT2D eigenvalue weighted by Gasteiger charge is -2.22. The fourth-order valence-electron chi connectivity index (χ4n) is 5.44. The van der Waals surface area contributed by atoms with E-state index in [0.29, 0.717) is 23.2 Å². The molecule has 5 heteroatoms. The highest BCUT2D eigenvalue weighted by atomic mass is 16.5. The molecular formula is C36H22N4O. The van der Waals surface area contributed by atoms with E-state index in [2.05, 4.69) is 42.5 Å². The number of pyridine rings is 1. The van der Waals surface area contributed by atoms with Crippen molar-refractivity contribution in [3.05, 3.63) is 134 Å². The molecule has 2 aromatic heterocycles. The van der Waals surface area contributed by atoms with E-state index in [1.165, 1.54) is 5.56 Å². The van der Waals surface area contributed by atoms with Gasteiger partial charge in [0, 0.05) is 33.8 Å². The fourth-order valence-corrected chi connectivity index (χ4v) is 5.44. The number of para-hydroxylation sites is 1. The lowest BCUT2D eigenvalue weighted by atomic mass is 9.91. The highest BCUT2D eigenvalue weighted by molar-refractivity contribution is 6.09. The molecule has 41 heavy (non-hydrogen) atoms. The van der Waals surface area contributed by atoms with Crippen LogP contribution in [0.15, 0.2) is 134 Å². The fraction of sp³-hybridized carbons (Fsp3) is 0. The Morgan fingerprint density at radius 3 is 1.78 bits per heavy atom. The summed E-state index contributed by atoms with van der Waals surface area (Å²) in [5.41, 5.74) is 6.93. The van der Waals surface area contributed by atoms with Crippen molar-refractivity contribution in [2.75, 3.05) is 0 Å². The molecule has 0 radical (unpaired) electrons. The molecular weight excluding hydrogens is 504 g/mol. The molecule has 8 rings (SSSR count). The Morgan fingerprint density at radius 2 is 1.07 bits per heavy atom. The molecule has 0 fully saturated rings. The maximum Gasteiger partial charge on any atom is 0.182 e. The third-order valence-electron chi connectivity index (χ3n) is 7.40. The summed E-state index contributed by atoms with van der Waals surface area (Å²) in [7, 11) is 0. The van der Waals surface area contributed by atoms with Crippen molar-refractivity contribution in [3.63, 3.8) is 0 Å². The Morgan fingerprint density at radius 1 is 0.415 bits per heavy atom. The SMILES string of the molecule is c1ccc(-c2nc(-c3ccccc3)nc(-c3ccc(-c4ccc5c6c(cccc46)-c4ccccc4O5)cn3)n2)cc1. The molecule has 7 aromatic rings. The minimum Gasteiger partial charge on any atom is -0.456 e. The van der Waals surface area contributed by atoms with E-state index in [4.69, 9.17) is 24.7 Å². The molecule has 3 heterocycles. The first-order valence-corrected chi connectivity index (χ1v) is 13.5. The van der Waals surface area contributed by atoms with E-state index in [0.717, 1.165) is 50.1 Å². The molecule has 5 aromatic carbocycles. The van der Waals surface area contributed by atoms with Gasteiger partial charge in [-0.2, -0.15) is 0 Å². The largest absolute Gasteiger partial charge is 0.456 e. The summed E-state index contributed by atoms with van der Waals surface area (Å²) in [6, 6.07) is 42.7. The van der Waals surface area contributed by atoms with E-state index in [1.54, 1.807) is 0 Å². The van der Waals surface area contributed by atoms with Crippen LogP contribution in [-0.2, 0) is 0 Å². The van der Waals surface area contributed by atoms with E-state index in [-0.39, 0.29) is 0 Å². The lowest BCUT2D eigenvalue weighted by molar-refractivity contribution is 0.487. The van der Waals surface area contributed by atoms with Crippen LogP contribution in [0, 0.1) is 0 Å². The van der Waals surface area contributed by atoms with Crippen LogP contribution >= 0.6 is 0 Å². The second-order valence-corrected chi connectivity index (χ2v) is 9.91. The third kappa shape index (κ3) is 4.03. The van der Waals surface area contributed by atoms with Gasteiger partial charge < -0.3 is 4.74 Å². The van der Waals surface area contributed by atoms with Gasteiger partial charge in [-0.25, -0.2) is 15.0 Å². The zero-order valence-corrected chi connectivity index (χ0v) is 21.9. The van der Waals surface area contributed by atoms with E-state index in [9.17, 15) is 0 Å². The molecule has 0 saturated carbocycles. The molecule has 0 unspecified atom stereocenters. The van der Waals surface area contributed by atoms with Crippen LogP contribution in [-0.4, -0.2) is 19.9 Å². The van der Waals surface area contributed by atoms with Crippen LogP contribution in [0.4, 0.5) is 0 Å². The highest BCUT2D eigenvalue weighted by Gasteiger charge is 2.21. The van der Waals surface area contributed by atoms with Gasteiger partial charge in [0.05, 0.1) is 0 Å². The van der Waals surface area contributed by atoms with Crippen LogP contribution in [0.25, 0.3) is 67.3 Å². The molecule has 0 saturated heterocycles. The average molecular weight is 527 g/mol. The number of ether oxygens (including phenoxy) is 1. The Kier molecular flexibility index (Phi) is 5.38. The third-order valence-corrected chi connectivity index (χ3v) is 7.40. The van der Waals surface area contributed by atoms with Crippen molar-refractivity contribution in [1.82, 2.24) is 19.9 Å². The van der Waals surface area contributed by atoms with Gasteiger partial charge in [-0.3, -0.25) is 4.98 Å². The molecule has 0 amide bonds. The number of nitrogens with zero attached hydrogens (tertiary/aromatic N) is 4. The van der Waals surface area contributed by atoms with Crippen molar-refractivity contribution >= 4 is 10.8 Å².